The van der Waals surface area contributed by atoms with Crippen molar-refractivity contribution >= 4 is 23.6 Å². The van der Waals surface area contributed by atoms with Crippen molar-refractivity contribution in [3.63, 3.8) is 0 Å². The number of furan rings is 1. The van der Waals surface area contributed by atoms with E-state index in [1.165, 1.54) is 6.08 Å². The molecule has 0 bridgehead atoms. The average Bonchev–Trinajstić information content (AvgIpc) is 3.08. The minimum absolute atomic E-state index is 0.00610. The van der Waals surface area contributed by atoms with Gasteiger partial charge in [0.15, 0.2) is 0 Å². The highest BCUT2D eigenvalue weighted by molar-refractivity contribution is 6.30. The molecule has 1 aromatic heterocycles. The zero-order valence-electron chi connectivity index (χ0n) is 13.9. The number of hydrogen-bond acceptors (Lipinski definition) is 4. The van der Waals surface area contributed by atoms with Crippen LogP contribution in [0.15, 0.2) is 46.4 Å². The van der Waals surface area contributed by atoms with Crippen LogP contribution in [0.3, 0.4) is 0 Å². The SMILES string of the molecule is CCOCCCNC(=O)/C(C#N)=C/c1ccc(-c2ccc(Cl)cc2)o1. The predicted octanol–water partition coefficient (Wildman–Crippen LogP) is 4.05. The molecule has 5 nitrogen and oxygen atoms in total. The molecule has 0 saturated carbocycles. The maximum Gasteiger partial charge on any atom is 0.262 e. The Hall–Kier alpha value is -2.55. The van der Waals surface area contributed by atoms with Gasteiger partial charge in [0.05, 0.1) is 0 Å². The number of carbonyl (C=O) groups is 1. The monoisotopic (exact) mass is 358 g/mol. The lowest BCUT2D eigenvalue weighted by Gasteiger charge is -2.04. The van der Waals surface area contributed by atoms with E-state index in [9.17, 15) is 10.1 Å². The zero-order chi connectivity index (χ0) is 18.1. The van der Waals surface area contributed by atoms with E-state index in [2.05, 4.69) is 5.32 Å². The number of ether oxygens (including phenoxy) is 1. The van der Waals surface area contributed by atoms with Gasteiger partial charge in [-0.3, -0.25) is 4.79 Å². The lowest BCUT2D eigenvalue weighted by Crippen LogP contribution is -2.26. The molecule has 0 radical (unpaired) electrons. The molecule has 0 fully saturated rings. The molecule has 0 saturated heterocycles. The summed E-state index contributed by atoms with van der Waals surface area (Å²) in [5.74, 6) is 0.645. The van der Waals surface area contributed by atoms with Crippen molar-refractivity contribution in [1.82, 2.24) is 5.32 Å². The summed E-state index contributed by atoms with van der Waals surface area (Å²) < 4.78 is 10.9. The molecular formula is C19H19ClN2O3. The highest BCUT2D eigenvalue weighted by Crippen LogP contribution is 2.24. The van der Waals surface area contributed by atoms with Gasteiger partial charge in [-0.15, -0.1) is 0 Å². The zero-order valence-corrected chi connectivity index (χ0v) is 14.7. The van der Waals surface area contributed by atoms with Crippen LogP contribution in [0.1, 0.15) is 19.1 Å². The average molecular weight is 359 g/mol. The minimum Gasteiger partial charge on any atom is -0.457 e. The van der Waals surface area contributed by atoms with Gasteiger partial charge in [0.25, 0.3) is 5.91 Å². The van der Waals surface area contributed by atoms with E-state index in [0.29, 0.717) is 42.7 Å². The van der Waals surface area contributed by atoms with E-state index < -0.39 is 5.91 Å². The van der Waals surface area contributed by atoms with E-state index >= 15 is 0 Å². The number of nitriles is 1. The lowest BCUT2D eigenvalue weighted by molar-refractivity contribution is -0.117. The van der Waals surface area contributed by atoms with Crippen LogP contribution in [0, 0.1) is 11.3 Å². The topological polar surface area (TPSA) is 75.3 Å². The Labute approximate surface area is 151 Å². The first-order chi connectivity index (χ1) is 12.1. The Bertz CT molecular complexity index is 773. The van der Waals surface area contributed by atoms with Gasteiger partial charge in [0.2, 0.25) is 0 Å². The summed E-state index contributed by atoms with van der Waals surface area (Å²) in [6.45, 7) is 3.58. The van der Waals surface area contributed by atoms with E-state index in [1.54, 1.807) is 24.3 Å². The van der Waals surface area contributed by atoms with Gasteiger partial charge in [-0.05, 0) is 49.7 Å². The lowest BCUT2D eigenvalue weighted by atomic mass is 10.2. The van der Waals surface area contributed by atoms with E-state index in [4.69, 9.17) is 20.8 Å². The first kappa shape index (κ1) is 18.8. The first-order valence-electron chi connectivity index (χ1n) is 7.97. The molecule has 0 atom stereocenters. The Morgan fingerprint density at radius 1 is 1.32 bits per heavy atom. The van der Waals surface area contributed by atoms with Gasteiger partial charge in [0.1, 0.15) is 23.2 Å². The van der Waals surface area contributed by atoms with Gasteiger partial charge in [0, 0.05) is 36.4 Å². The number of hydrogen-bond donors (Lipinski definition) is 1. The summed E-state index contributed by atoms with van der Waals surface area (Å²) in [6.07, 6.45) is 2.12. The molecular weight excluding hydrogens is 340 g/mol. The molecule has 1 aromatic carbocycles. The van der Waals surface area contributed by atoms with Gasteiger partial charge < -0.3 is 14.5 Å². The number of carbonyl (C=O) groups excluding carboxylic acids is 1. The quantitative estimate of drug-likeness (QED) is 0.439. The smallest absolute Gasteiger partial charge is 0.262 e. The fraction of sp³-hybridized carbons (Fsp3) is 0.263. The van der Waals surface area contributed by atoms with Crippen molar-refractivity contribution in [2.75, 3.05) is 19.8 Å². The van der Waals surface area contributed by atoms with Gasteiger partial charge in [-0.2, -0.15) is 5.26 Å². The molecule has 0 aliphatic rings. The summed E-state index contributed by atoms with van der Waals surface area (Å²) in [5.41, 5.74) is 0.858. The molecule has 0 aliphatic heterocycles. The van der Waals surface area contributed by atoms with Crippen LogP contribution in [0.5, 0.6) is 0 Å². The van der Waals surface area contributed by atoms with Crippen molar-refractivity contribution in [2.24, 2.45) is 0 Å². The number of rotatable bonds is 8. The van der Waals surface area contributed by atoms with Crippen LogP contribution >= 0.6 is 11.6 Å². The summed E-state index contributed by atoms with van der Waals surface area (Å²) in [4.78, 5) is 12.0. The number of halogens is 1. The van der Waals surface area contributed by atoms with E-state index in [1.807, 2.05) is 25.1 Å². The Kier molecular flexibility index (Phi) is 7.27. The highest BCUT2D eigenvalue weighted by Gasteiger charge is 2.10. The molecule has 1 N–H and O–H groups in total. The molecule has 2 aromatic rings. The molecule has 0 aliphatic carbocycles. The third-order valence-corrected chi connectivity index (χ3v) is 3.61. The van der Waals surface area contributed by atoms with Crippen molar-refractivity contribution in [3.8, 4) is 17.4 Å². The van der Waals surface area contributed by atoms with Gasteiger partial charge in [-0.25, -0.2) is 0 Å². The second-order valence-corrected chi connectivity index (χ2v) is 5.62. The van der Waals surface area contributed by atoms with Crippen LogP contribution in [-0.2, 0) is 9.53 Å². The van der Waals surface area contributed by atoms with Crippen LogP contribution in [0.4, 0.5) is 0 Å². The Morgan fingerprint density at radius 2 is 2.08 bits per heavy atom. The Balaban J connectivity index is 2.01. The second kappa shape index (κ2) is 9.67. The highest BCUT2D eigenvalue weighted by atomic mass is 35.5. The minimum atomic E-state index is -0.427. The predicted molar refractivity (Wildman–Crippen MR) is 96.9 cm³/mol. The summed E-state index contributed by atoms with van der Waals surface area (Å²) in [6, 6.07) is 12.6. The molecule has 1 amide bonds. The summed E-state index contributed by atoms with van der Waals surface area (Å²) in [7, 11) is 0. The maximum atomic E-state index is 12.0. The number of benzene rings is 1. The van der Waals surface area contributed by atoms with Gasteiger partial charge >= 0.3 is 0 Å². The molecule has 6 heteroatoms. The number of nitrogens with zero attached hydrogens (tertiary/aromatic N) is 1. The Morgan fingerprint density at radius 3 is 2.76 bits per heavy atom. The fourth-order valence-corrected chi connectivity index (χ4v) is 2.23. The van der Waals surface area contributed by atoms with Crippen LogP contribution in [0.2, 0.25) is 5.02 Å². The molecule has 2 rings (SSSR count). The standard InChI is InChI=1S/C19H19ClN2O3/c1-2-24-11-3-10-22-19(23)15(13-21)12-17-8-9-18(25-17)14-4-6-16(20)7-5-14/h4-9,12H,2-3,10-11H2,1H3,(H,22,23)/b15-12+. The van der Waals surface area contributed by atoms with Crippen molar-refractivity contribution in [1.29, 1.82) is 5.26 Å². The number of amides is 1. The summed E-state index contributed by atoms with van der Waals surface area (Å²) >= 11 is 5.87. The first-order valence-corrected chi connectivity index (χ1v) is 8.35. The van der Waals surface area contributed by atoms with Crippen LogP contribution in [0.25, 0.3) is 17.4 Å². The van der Waals surface area contributed by atoms with Crippen LogP contribution in [-0.4, -0.2) is 25.7 Å². The third-order valence-electron chi connectivity index (χ3n) is 3.36. The normalized spacial score (nSPS) is 11.2. The van der Waals surface area contributed by atoms with Crippen molar-refractivity contribution in [2.45, 2.75) is 13.3 Å². The van der Waals surface area contributed by atoms with Gasteiger partial charge in [-0.1, -0.05) is 11.6 Å². The molecule has 1 heterocycles. The van der Waals surface area contributed by atoms with E-state index in [-0.39, 0.29) is 5.57 Å². The fourth-order valence-electron chi connectivity index (χ4n) is 2.11. The van der Waals surface area contributed by atoms with Crippen molar-refractivity contribution in [3.05, 3.63) is 52.8 Å². The molecule has 0 spiro atoms. The third kappa shape index (κ3) is 5.79. The van der Waals surface area contributed by atoms with Crippen LogP contribution < -0.4 is 5.32 Å². The summed E-state index contributed by atoms with van der Waals surface area (Å²) in [5, 5.41) is 12.5. The molecule has 130 valence electrons. The number of nitrogens with one attached hydrogen (secondary N) is 1. The van der Waals surface area contributed by atoms with E-state index in [0.717, 1.165) is 5.56 Å². The van der Waals surface area contributed by atoms with Crippen molar-refractivity contribution < 1.29 is 13.9 Å². The maximum absolute atomic E-state index is 12.0. The second-order valence-electron chi connectivity index (χ2n) is 5.19. The molecule has 25 heavy (non-hydrogen) atoms. The largest absolute Gasteiger partial charge is 0.457 e. The molecule has 0 unspecified atom stereocenters.